The molecule has 1 aromatic carbocycles. The van der Waals surface area contributed by atoms with Gasteiger partial charge in [-0.05, 0) is 26.0 Å². The Morgan fingerprint density at radius 2 is 2.24 bits per heavy atom. The second-order valence-corrected chi connectivity index (χ2v) is 3.76. The fourth-order valence-corrected chi connectivity index (χ4v) is 1.29. The van der Waals surface area contributed by atoms with E-state index in [4.69, 9.17) is 4.74 Å². The molecule has 0 saturated carbocycles. The zero-order chi connectivity index (χ0) is 12.8. The third-order valence-corrected chi connectivity index (χ3v) is 2.03. The zero-order valence-corrected chi connectivity index (χ0v) is 9.77. The van der Waals surface area contributed by atoms with Crippen molar-refractivity contribution in [2.45, 2.75) is 20.0 Å². The van der Waals surface area contributed by atoms with Crippen molar-refractivity contribution in [2.24, 2.45) is 0 Å². The van der Waals surface area contributed by atoms with Crippen molar-refractivity contribution in [3.8, 4) is 0 Å². The van der Waals surface area contributed by atoms with E-state index >= 15 is 0 Å². The smallest absolute Gasteiger partial charge is 0.295 e. The lowest BCUT2D eigenvalue weighted by molar-refractivity contribution is -0.384. The van der Waals surface area contributed by atoms with E-state index in [-0.39, 0.29) is 11.8 Å². The molecule has 0 aliphatic heterocycles. The van der Waals surface area contributed by atoms with Crippen LogP contribution in [0, 0.1) is 15.9 Å². The normalized spacial score (nSPS) is 10.6. The number of rotatable bonds is 6. The van der Waals surface area contributed by atoms with E-state index in [9.17, 15) is 14.5 Å². The average molecular weight is 242 g/mol. The number of ether oxygens (including phenoxy) is 1. The van der Waals surface area contributed by atoms with E-state index in [2.05, 4.69) is 5.32 Å². The van der Waals surface area contributed by atoms with E-state index in [0.29, 0.717) is 18.8 Å². The lowest BCUT2D eigenvalue weighted by Gasteiger charge is -2.09. The van der Waals surface area contributed by atoms with Crippen LogP contribution in [0.3, 0.4) is 0 Å². The van der Waals surface area contributed by atoms with Gasteiger partial charge < -0.3 is 10.1 Å². The van der Waals surface area contributed by atoms with E-state index < -0.39 is 10.7 Å². The quantitative estimate of drug-likeness (QED) is 0.473. The van der Waals surface area contributed by atoms with Gasteiger partial charge in [0.15, 0.2) is 0 Å². The standard InChI is InChI=1S/C11H15FN2O3/c1-8(2)17-6-5-13-10-4-3-9(12)7-11(10)14(15)16/h3-4,7-8,13H,5-6H2,1-2H3. The Kier molecular flexibility index (Phi) is 4.84. The summed E-state index contributed by atoms with van der Waals surface area (Å²) in [5, 5.41) is 13.5. The Morgan fingerprint density at radius 1 is 1.53 bits per heavy atom. The molecule has 6 heteroatoms. The second-order valence-electron chi connectivity index (χ2n) is 3.76. The maximum absolute atomic E-state index is 12.8. The molecule has 0 aliphatic rings. The van der Waals surface area contributed by atoms with Crippen molar-refractivity contribution >= 4 is 11.4 Å². The highest BCUT2D eigenvalue weighted by Crippen LogP contribution is 2.24. The molecule has 0 radical (unpaired) electrons. The zero-order valence-electron chi connectivity index (χ0n) is 9.77. The van der Waals surface area contributed by atoms with Crippen molar-refractivity contribution in [2.75, 3.05) is 18.5 Å². The minimum atomic E-state index is -0.624. The first-order chi connectivity index (χ1) is 8.00. The minimum absolute atomic E-state index is 0.111. The van der Waals surface area contributed by atoms with Gasteiger partial charge in [0.25, 0.3) is 5.69 Å². The summed E-state index contributed by atoms with van der Waals surface area (Å²) in [5.41, 5.74) is 0.0262. The number of hydrogen-bond acceptors (Lipinski definition) is 4. The summed E-state index contributed by atoms with van der Waals surface area (Å²) in [6.45, 7) is 4.68. The summed E-state index contributed by atoms with van der Waals surface area (Å²) in [4.78, 5) is 10.1. The highest BCUT2D eigenvalue weighted by molar-refractivity contribution is 5.61. The van der Waals surface area contributed by atoms with Gasteiger partial charge in [-0.2, -0.15) is 0 Å². The Labute approximate surface area is 98.7 Å². The molecule has 17 heavy (non-hydrogen) atoms. The van der Waals surface area contributed by atoms with Crippen molar-refractivity contribution < 1.29 is 14.1 Å². The van der Waals surface area contributed by atoms with E-state index in [1.165, 1.54) is 12.1 Å². The first kappa shape index (κ1) is 13.4. The fourth-order valence-electron chi connectivity index (χ4n) is 1.29. The Hall–Kier alpha value is -1.69. The van der Waals surface area contributed by atoms with Gasteiger partial charge in [-0.15, -0.1) is 0 Å². The number of nitro benzene ring substituents is 1. The molecule has 5 nitrogen and oxygen atoms in total. The molecule has 0 heterocycles. The molecule has 0 amide bonds. The summed E-state index contributed by atoms with van der Waals surface area (Å²) in [6.07, 6.45) is 0.111. The van der Waals surface area contributed by atoms with Crippen molar-refractivity contribution in [3.05, 3.63) is 34.1 Å². The molecule has 94 valence electrons. The monoisotopic (exact) mass is 242 g/mol. The first-order valence-corrected chi connectivity index (χ1v) is 5.30. The number of hydrogen-bond donors (Lipinski definition) is 1. The van der Waals surface area contributed by atoms with Gasteiger partial charge >= 0.3 is 0 Å². The number of benzene rings is 1. The number of anilines is 1. The maximum Gasteiger partial charge on any atom is 0.295 e. The molecule has 1 N–H and O–H groups in total. The Balaban J connectivity index is 2.61. The van der Waals surface area contributed by atoms with Gasteiger partial charge in [0.2, 0.25) is 0 Å². The molecule has 1 aromatic rings. The van der Waals surface area contributed by atoms with Crippen LogP contribution in [-0.4, -0.2) is 24.2 Å². The summed E-state index contributed by atoms with van der Waals surface area (Å²) in [6, 6.07) is 3.42. The molecule has 0 fully saturated rings. The van der Waals surface area contributed by atoms with Crippen molar-refractivity contribution in [1.29, 1.82) is 0 Å². The lowest BCUT2D eigenvalue weighted by atomic mass is 10.2. The molecular formula is C11H15FN2O3. The van der Waals surface area contributed by atoms with E-state index in [1.807, 2.05) is 13.8 Å². The largest absolute Gasteiger partial charge is 0.377 e. The van der Waals surface area contributed by atoms with Crippen LogP contribution in [0.5, 0.6) is 0 Å². The van der Waals surface area contributed by atoms with Crippen LogP contribution in [0.25, 0.3) is 0 Å². The van der Waals surface area contributed by atoms with Crippen molar-refractivity contribution in [1.82, 2.24) is 0 Å². The van der Waals surface area contributed by atoms with Gasteiger partial charge in [0.1, 0.15) is 11.5 Å². The van der Waals surface area contributed by atoms with Gasteiger partial charge in [0.05, 0.1) is 23.7 Å². The van der Waals surface area contributed by atoms with Crippen LogP contribution in [0.2, 0.25) is 0 Å². The SMILES string of the molecule is CC(C)OCCNc1ccc(F)cc1[N+](=O)[O-]. The molecular weight excluding hydrogens is 227 g/mol. The first-order valence-electron chi connectivity index (χ1n) is 5.30. The molecule has 0 atom stereocenters. The highest BCUT2D eigenvalue weighted by Gasteiger charge is 2.14. The predicted molar refractivity (Wildman–Crippen MR) is 62.6 cm³/mol. The van der Waals surface area contributed by atoms with Crippen LogP contribution in [0.15, 0.2) is 18.2 Å². The summed E-state index contributed by atoms with van der Waals surface area (Å²) in [7, 11) is 0. The molecule has 0 spiro atoms. The minimum Gasteiger partial charge on any atom is -0.377 e. The molecule has 0 aromatic heterocycles. The van der Waals surface area contributed by atoms with Gasteiger partial charge in [-0.25, -0.2) is 4.39 Å². The second kappa shape index (κ2) is 6.15. The van der Waals surface area contributed by atoms with Gasteiger partial charge in [0, 0.05) is 6.54 Å². The summed E-state index contributed by atoms with van der Waals surface area (Å²) in [5.74, 6) is -0.624. The predicted octanol–water partition coefficient (Wildman–Crippen LogP) is 2.57. The summed E-state index contributed by atoms with van der Waals surface area (Å²) < 4.78 is 18.1. The number of halogens is 1. The van der Waals surface area contributed by atoms with Crippen LogP contribution in [0.1, 0.15) is 13.8 Å². The number of nitro groups is 1. The molecule has 0 aliphatic carbocycles. The highest BCUT2D eigenvalue weighted by atomic mass is 19.1. The third kappa shape index (κ3) is 4.36. The van der Waals surface area contributed by atoms with Crippen LogP contribution in [-0.2, 0) is 4.74 Å². The number of nitrogens with zero attached hydrogens (tertiary/aromatic N) is 1. The molecule has 0 unspecified atom stereocenters. The lowest BCUT2D eigenvalue weighted by Crippen LogP contribution is -2.13. The molecule has 0 saturated heterocycles. The van der Waals surface area contributed by atoms with Crippen molar-refractivity contribution in [3.63, 3.8) is 0 Å². The average Bonchev–Trinajstić information content (AvgIpc) is 2.25. The van der Waals surface area contributed by atoms with E-state index in [0.717, 1.165) is 6.07 Å². The van der Waals surface area contributed by atoms with Crippen LogP contribution < -0.4 is 5.32 Å². The Bertz CT molecular complexity index is 396. The fraction of sp³-hybridized carbons (Fsp3) is 0.455. The topological polar surface area (TPSA) is 64.4 Å². The number of nitrogens with one attached hydrogen (secondary N) is 1. The summed E-state index contributed by atoms with van der Waals surface area (Å²) >= 11 is 0. The third-order valence-electron chi connectivity index (χ3n) is 2.03. The maximum atomic E-state index is 12.8. The van der Waals surface area contributed by atoms with E-state index in [1.54, 1.807) is 0 Å². The van der Waals surface area contributed by atoms with Gasteiger partial charge in [-0.1, -0.05) is 0 Å². The van der Waals surface area contributed by atoms with Crippen LogP contribution in [0.4, 0.5) is 15.8 Å². The molecule has 1 rings (SSSR count). The van der Waals surface area contributed by atoms with Crippen LogP contribution >= 0.6 is 0 Å². The Morgan fingerprint density at radius 3 is 2.82 bits per heavy atom. The molecule has 0 bridgehead atoms. The van der Waals surface area contributed by atoms with Gasteiger partial charge in [-0.3, -0.25) is 10.1 Å².